The lowest BCUT2D eigenvalue weighted by Gasteiger charge is -2.25. The molecule has 2 N–H and O–H groups in total. The van der Waals surface area contributed by atoms with Crippen LogP contribution >= 0.6 is 0 Å². The largest absolute Gasteiger partial charge is 0.503 e. The number of aldehydes is 1. The van der Waals surface area contributed by atoms with Crippen molar-refractivity contribution in [3.63, 3.8) is 0 Å². The van der Waals surface area contributed by atoms with Gasteiger partial charge in [0.1, 0.15) is 28.7 Å². The SMILES string of the molecule is CN1Cc2cc(F)c(F)cc2CC(n2cc(C(=O)NCc3c(F)cc(F)cc3F)c(=O)c(O)c2C=O)C1. The van der Waals surface area contributed by atoms with E-state index in [9.17, 15) is 41.4 Å². The Morgan fingerprint density at radius 3 is 2.30 bits per heavy atom. The lowest BCUT2D eigenvalue weighted by molar-refractivity contribution is 0.0945. The van der Waals surface area contributed by atoms with Gasteiger partial charge in [-0.25, -0.2) is 22.0 Å². The number of hydrogen-bond acceptors (Lipinski definition) is 5. The van der Waals surface area contributed by atoms with Crippen molar-refractivity contribution in [3.05, 3.63) is 97.7 Å². The van der Waals surface area contributed by atoms with E-state index in [2.05, 4.69) is 5.32 Å². The lowest BCUT2D eigenvalue weighted by atomic mass is 10.0. The van der Waals surface area contributed by atoms with Gasteiger partial charge in [0.25, 0.3) is 5.91 Å². The first kappa shape index (κ1) is 26.0. The number of nitrogens with zero attached hydrogens (tertiary/aromatic N) is 2. The Morgan fingerprint density at radius 2 is 1.68 bits per heavy atom. The number of benzene rings is 2. The molecule has 0 spiro atoms. The van der Waals surface area contributed by atoms with Crippen LogP contribution in [0.3, 0.4) is 0 Å². The molecule has 0 saturated carbocycles. The van der Waals surface area contributed by atoms with E-state index in [0.717, 1.165) is 18.3 Å². The lowest BCUT2D eigenvalue weighted by Crippen LogP contribution is -2.33. The van der Waals surface area contributed by atoms with Crippen LogP contribution in [0.25, 0.3) is 0 Å². The molecule has 3 aromatic rings. The highest BCUT2D eigenvalue weighted by Crippen LogP contribution is 2.28. The van der Waals surface area contributed by atoms with E-state index >= 15 is 0 Å². The molecule has 0 radical (unpaired) electrons. The van der Waals surface area contributed by atoms with Crippen LogP contribution in [0, 0.1) is 29.1 Å². The Labute approximate surface area is 206 Å². The van der Waals surface area contributed by atoms with Crippen LogP contribution in [-0.2, 0) is 19.5 Å². The molecule has 194 valence electrons. The molecule has 1 aliphatic heterocycles. The van der Waals surface area contributed by atoms with E-state index < -0.39 is 75.6 Å². The zero-order valence-corrected chi connectivity index (χ0v) is 19.3. The van der Waals surface area contributed by atoms with Gasteiger partial charge in [0.2, 0.25) is 5.43 Å². The minimum Gasteiger partial charge on any atom is -0.503 e. The molecule has 1 unspecified atom stereocenters. The number of hydrogen-bond donors (Lipinski definition) is 2. The number of amides is 1. The maximum atomic E-state index is 13.9. The quantitative estimate of drug-likeness (QED) is 0.398. The number of aromatic nitrogens is 1. The fourth-order valence-corrected chi connectivity index (χ4v) is 4.41. The molecule has 0 bridgehead atoms. The second-order valence-corrected chi connectivity index (χ2v) is 8.75. The van der Waals surface area contributed by atoms with Crippen molar-refractivity contribution in [2.45, 2.75) is 25.6 Å². The average Bonchev–Trinajstić information content (AvgIpc) is 2.97. The van der Waals surface area contributed by atoms with Gasteiger partial charge in [0.15, 0.2) is 23.7 Å². The van der Waals surface area contributed by atoms with Crippen LogP contribution < -0.4 is 10.7 Å². The second-order valence-electron chi connectivity index (χ2n) is 8.75. The normalized spacial score (nSPS) is 15.7. The highest BCUT2D eigenvalue weighted by Gasteiger charge is 2.28. The molecule has 0 aliphatic carbocycles. The third-order valence-corrected chi connectivity index (χ3v) is 6.19. The number of carbonyl (C=O) groups is 2. The van der Waals surface area contributed by atoms with Crippen molar-refractivity contribution in [3.8, 4) is 5.75 Å². The summed E-state index contributed by atoms with van der Waals surface area (Å²) in [6, 6.07) is 2.24. The summed E-state index contributed by atoms with van der Waals surface area (Å²) in [6.07, 6.45) is 1.30. The molecule has 0 fully saturated rings. The number of likely N-dealkylation sites (N-methyl/N-ethyl adjacent to an activating group) is 1. The van der Waals surface area contributed by atoms with Crippen LogP contribution in [0.5, 0.6) is 5.75 Å². The van der Waals surface area contributed by atoms with Gasteiger partial charge in [-0.3, -0.25) is 14.4 Å². The minimum absolute atomic E-state index is 0.0626. The van der Waals surface area contributed by atoms with Crippen molar-refractivity contribution in [1.29, 1.82) is 0 Å². The van der Waals surface area contributed by atoms with Gasteiger partial charge in [-0.15, -0.1) is 0 Å². The van der Waals surface area contributed by atoms with Crippen molar-refractivity contribution in [2.24, 2.45) is 0 Å². The highest BCUT2D eigenvalue weighted by atomic mass is 19.2. The second kappa shape index (κ2) is 10.1. The maximum Gasteiger partial charge on any atom is 0.257 e. The van der Waals surface area contributed by atoms with Crippen molar-refractivity contribution in [2.75, 3.05) is 13.6 Å². The third kappa shape index (κ3) is 5.10. The summed E-state index contributed by atoms with van der Waals surface area (Å²) >= 11 is 0. The zero-order chi connectivity index (χ0) is 27.0. The number of rotatable bonds is 5. The smallest absolute Gasteiger partial charge is 0.257 e. The van der Waals surface area contributed by atoms with E-state index in [1.165, 1.54) is 4.57 Å². The first-order chi connectivity index (χ1) is 17.5. The standard InChI is InChI=1S/C25H20F5N3O4/c1-32-8-13-4-21(30)20(29)3-12(13)2-15(9-32)33-10-17(23(35)24(36)22(33)11-34)25(37)31-7-16-18(27)5-14(26)6-19(16)28/h3-6,10-11,15,36H,2,7-9H2,1H3,(H,31,37). The first-order valence-corrected chi connectivity index (χ1v) is 11.0. The summed E-state index contributed by atoms with van der Waals surface area (Å²) < 4.78 is 69.9. The molecule has 1 aromatic heterocycles. The van der Waals surface area contributed by atoms with Gasteiger partial charge in [0.05, 0.1) is 6.04 Å². The van der Waals surface area contributed by atoms with Crippen LogP contribution in [0.2, 0.25) is 0 Å². The fourth-order valence-electron chi connectivity index (χ4n) is 4.41. The number of halogens is 5. The van der Waals surface area contributed by atoms with Crippen LogP contribution in [0.15, 0.2) is 35.3 Å². The zero-order valence-electron chi connectivity index (χ0n) is 19.3. The summed E-state index contributed by atoms with van der Waals surface area (Å²) in [5.41, 5.74) is -2.00. The van der Waals surface area contributed by atoms with Gasteiger partial charge in [-0.1, -0.05) is 0 Å². The Kier molecular flexibility index (Phi) is 7.12. The Bertz CT molecular complexity index is 1450. The van der Waals surface area contributed by atoms with Crippen LogP contribution in [0.4, 0.5) is 22.0 Å². The molecule has 7 nitrogen and oxygen atoms in total. The fraction of sp³-hybridized carbons (Fsp3) is 0.240. The number of aromatic hydroxyl groups is 1. The maximum absolute atomic E-state index is 13.9. The molecule has 37 heavy (non-hydrogen) atoms. The molecule has 0 saturated heterocycles. The molecule has 2 aromatic carbocycles. The van der Waals surface area contributed by atoms with Gasteiger partial charge in [-0.05, 0) is 36.7 Å². The van der Waals surface area contributed by atoms with E-state index in [4.69, 9.17) is 0 Å². The first-order valence-electron chi connectivity index (χ1n) is 11.0. The molecular weight excluding hydrogens is 501 g/mol. The van der Waals surface area contributed by atoms with E-state index in [1.54, 1.807) is 11.9 Å². The molecule has 2 heterocycles. The minimum atomic E-state index is -1.25. The van der Waals surface area contributed by atoms with Crippen LogP contribution in [-0.4, -0.2) is 40.4 Å². The van der Waals surface area contributed by atoms with Crippen LogP contribution in [0.1, 0.15) is 43.6 Å². The molecular formula is C25H20F5N3O4. The predicted octanol–water partition coefficient (Wildman–Crippen LogP) is 3.22. The Hall–Kier alpha value is -4.06. The summed E-state index contributed by atoms with van der Waals surface area (Å²) in [5.74, 6) is -7.89. The predicted molar refractivity (Wildman–Crippen MR) is 121 cm³/mol. The van der Waals surface area contributed by atoms with E-state index in [1.807, 2.05) is 0 Å². The Balaban J connectivity index is 1.71. The number of carbonyl (C=O) groups excluding carboxylic acids is 2. The van der Waals surface area contributed by atoms with Crippen molar-refractivity contribution >= 4 is 12.2 Å². The van der Waals surface area contributed by atoms with Gasteiger partial charge < -0.3 is 19.9 Å². The van der Waals surface area contributed by atoms with E-state index in [0.29, 0.717) is 23.3 Å². The monoisotopic (exact) mass is 521 g/mol. The Morgan fingerprint density at radius 1 is 1.05 bits per heavy atom. The summed E-state index contributed by atoms with van der Waals surface area (Å²) in [5, 5.41) is 12.6. The van der Waals surface area contributed by atoms with Gasteiger partial charge in [0, 0.05) is 43.5 Å². The highest BCUT2D eigenvalue weighted by molar-refractivity contribution is 5.95. The number of fused-ring (bicyclic) bond motifs is 1. The molecule has 1 aliphatic rings. The number of pyridine rings is 1. The molecule has 4 rings (SSSR count). The van der Waals surface area contributed by atoms with Crippen molar-refractivity contribution < 1.29 is 36.6 Å². The van der Waals surface area contributed by atoms with E-state index in [-0.39, 0.29) is 25.8 Å². The van der Waals surface area contributed by atoms with Crippen molar-refractivity contribution in [1.82, 2.24) is 14.8 Å². The topological polar surface area (TPSA) is 91.6 Å². The number of nitrogens with one attached hydrogen (secondary N) is 1. The summed E-state index contributed by atoms with van der Waals surface area (Å²) in [7, 11) is 1.69. The van der Waals surface area contributed by atoms with Gasteiger partial charge in [-0.2, -0.15) is 0 Å². The third-order valence-electron chi connectivity index (χ3n) is 6.19. The molecule has 1 atom stereocenters. The molecule has 1 amide bonds. The van der Waals surface area contributed by atoms with Gasteiger partial charge >= 0.3 is 0 Å². The summed E-state index contributed by atoms with van der Waals surface area (Å²) in [6.45, 7) is -0.293. The molecule has 12 heteroatoms. The average molecular weight is 521 g/mol. The summed E-state index contributed by atoms with van der Waals surface area (Å²) in [4.78, 5) is 39.0.